The summed E-state index contributed by atoms with van der Waals surface area (Å²) < 4.78 is 1.94. The molecule has 1 fully saturated rings. The molecule has 1 saturated heterocycles. The van der Waals surface area contributed by atoms with E-state index in [1.165, 1.54) is 5.56 Å². The molecular formula is C24H32N6O. The highest BCUT2D eigenvalue weighted by Crippen LogP contribution is 2.31. The van der Waals surface area contributed by atoms with Gasteiger partial charge in [0, 0.05) is 38.5 Å². The Labute approximate surface area is 184 Å². The van der Waals surface area contributed by atoms with Crippen LogP contribution in [0.5, 0.6) is 0 Å². The molecule has 0 bridgehead atoms. The summed E-state index contributed by atoms with van der Waals surface area (Å²) >= 11 is 0. The molecule has 31 heavy (non-hydrogen) atoms. The van der Waals surface area contributed by atoms with Gasteiger partial charge in [0.05, 0.1) is 16.8 Å². The number of hydrogen-bond acceptors (Lipinski definition) is 5. The van der Waals surface area contributed by atoms with E-state index in [4.69, 9.17) is 15.1 Å². The van der Waals surface area contributed by atoms with Crippen LogP contribution in [0.1, 0.15) is 56.6 Å². The highest BCUT2D eigenvalue weighted by molar-refractivity contribution is 5.91. The Balaban J connectivity index is 1.81. The second-order valence-electron chi connectivity index (χ2n) is 8.47. The Morgan fingerprint density at radius 2 is 1.71 bits per heavy atom. The van der Waals surface area contributed by atoms with Gasteiger partial charge in [0.25, 0.3) is 0 Å². The summed E-state index contributed by atoms with van der Waals surface area (Å²) in [5, 5.41) is 5.85. The second-order valence-corrected chi connectivity index (χ2v) is 8.47. The molecule has 1 aliphatic rings. The van der Waals surface area contributed by atoms with E-state index in [2.05, 4.69) is 49.9 Å². The summed E-state index contributed by atoms with van der Waals surface area (Å²) in [6, 6.07) is 8.36. The lowest BCUT2D eigenvalue weighted by molar-refractivity contribution is -0.131. The Morgan fingerprint density at radius 3 is 2.32 bits per heavy atom. The third-order valence-electron chi connectivity index (χ3n) is 6.27. The average Bonchev–Trinajstić information content (AvgIpc) is 3.14. The summed E-state index contributed by atoms with van der Waals surface area (Å²) in [5.41, 5.74) is 4.00. The van der Waals surface area contributed by atoms with Crippen LogP contribution in [-0.2, 0) is 4.79 Å². The zero-order valence-electron chi connectivity index (χ0n) is 19.2. The van der Waals surface area contributed by atoms with Gasteiger partial charge in [-0.3, -0.25) is 4.79 Å². The quantitative estimate of drug-likeness (QED) is 0.624. The lowest BCUT2D eigenvalue weighted by Crippen LogP contribution is -2.49. The van der Waals surface area contributed by atoms with Crippen LogP contribution in [0, 0.1) is 13.8 Å². The third-order valence-corrected chi connectivity index (χ3v) is 6.27. The molecule has 3 heterocycles. The molecule has 2 aromatic heterocycles. The molecule has 0 spiro atoms. The fraction of sp³-hybridized carbons (Fsp3) is 0.500. The standard InChI is InChI=1S/C24H32N6O/c1-6-17(4)22-25-23(29-14-12-28(13-15-29)20(31)7-2)21-18(5)27-30(24(21)26-22)19-10-8-16(3)9-11-19/h8-11,17H,6-7,12-15H2,1-5H3. The summed E-state index contributed by atoms with van der Waals surface area (Å²) in [4.78, 5) is 26.4. The lowest BCUT2D eigenvalue weighted by atomic mass is 10.1. The molecule has 0 radical (unpaired) electrons. The molecule has 1 unspecified atom stereocenters. The summed E-state index contributed by atoms with van der Waals surface area (Å²) in [5.74, 6) is 2.27. The van der Waals surface area contributed by atoms with E-state index in [9.17, 15) is 4.79 Å². The molecular weight excluding hydrogens is 388 g/mol. The summed E-state index contributed by atoms with van der Waals surface area (Å²) in [6.45, 7) is 13.4. The SMILES string of the molecule is CCC(=O)N1CCN(c2nc(C(C)CC)nc3c2c(C)nn3-c2ccc(C)cc2)CC1. The molecule has 1 aliphatic heterocycles. The smallest absolute Gasteiger partial charge is 0.222 e. The molecule has 7 heteroatoms. The van der Waals surface area contributed by atoms with Crippen molar-refractivity contribution in [3.8, 4) is 5.69 Å². The van der Waals surface area contributed by atoms with E-state index in [0.717, 1.165) is 66.7 Å². The van der Waals surface area contributed by atoms with Gasteiger partial charge in [-0.1, -0.05) is 38.5 Å². The normalized spacial score (nSPS) is 15.5. The molecule has 1 aromatic carbocycles. The molecule has 1 atom stereocenters. The van der Waals surface area contributed by atoms with E-state index in [-0.39, 0.29) is 11.8 Å². The van der Waals surface area contributed by atoms with Gasteiger partial charge in [-0.2, -0.15) is 5.10 Å². The van der Waals surface area contributed by atoms with Gasteiger partial charge < -0.3 is 9.80 Å². The largest absolute Gasteiger partial charge is 0.352 e. The number of nitrogens with zero attached hydrogens (tertiary/aromatic N) is 6. The van der Waals surface area contributed by atoms with E-state index in [1.807, 2.05) is 23.4 Å². The van der Waals surface area contributed by atoms with Gasteiger partial charge in [0.1, 0.15) is 11.6 Å². The van der Waals surface area contributed by atoms with E-state index in [0.29, 0.717) is 6.42 Å². The van der Waals surface area contributed by atoms with E-state index in [1.54, 1.807) is 0 Å². The first-order valence-electron chi connectivity index (χ1n) is 11.3. The number of piperazine rings is 1. The first-order valence-corrected chi connectivity index (χ1v) is 11.3. The predicted octanol–water partition coefficient (Wildman–Crippen LogP) is 4.00. The first kappa shape index (κ1) is 21.3. The maximum atomic E-state index is 12.1. The van der Waals surface area contributed by atoms with Gasteiger partial charge in [0.15, 0.2) is 5.65 Å². The molecule has 3 aromatic rings. The van der Waals surface area contributed by atoms with Crippen LogP contribution in [0.15, 0.2) is 24.3 Å². The summed E-state index contributed by atoms with van der Waals surface area (Å²) in [7, 11) is 0. The van der Waals surface area contributed by atoms with Gasteiger partial charge in [-0.15, -0.1) is 0 Å². The predicted molar refractivity (Wildman–Crippen MR) is 124 cm³/mol. The van der Waals surface area contributed by atoms with Gasteiger partial charge in [-0.05, 0) is 32.4 Å². The van der Waals surface area contributed by atoms with Crippen LogP contribution in [-0.4, -0.2) is 56.7 Å². The molecule has 0 saturated carbocycles. The number of rotatable bonds is 5. The van der Waals surface area contributed by atoms with Gasteiger partial charge >= 0.3 is 0 Å². The number of amides is 1. The molecule has 4 rings (SSSR count). The van der Waals surface area contributed by atoms with Crippen molar-refractivity contribution in [2.45, 2.75) is 53.4 Å². The Hall–Kier alpha value is -2.96. The van der Waals surface area contributed by atoms with Crippen molar-refractivity contribution in [3.05, 3.63) is 41.3 Å². The average molecular weight is 421 g/mol. The van der Waals surface area contributed by atoms with Crippen LogP contribution in [0.2, 0.25) is 0 Å². The molecule has 0 aliphatic carbocycles. The maximum Gasteiger partial charge on any atom is 0.222 e. The number of carbonyl (C=O) groups is 1. The van der Waals surface area contributed by atoms with Crippen molar-refractivity contribution < 1.29 is 4.79 Å². The zero-order valence-corrected chi connectivity index (χ0v) is 19.2. The fourth-order valence-electron chi connectivity index (χ4n) is 4.07. The van der Waals surface area contributed by atoms with Gasteiger partial charge in [-0.25, -0.2) is 14.6 Å². The minimum atomic E-state index is 0.219. The number of hydrogen-bond donors (Lipinski definition) is 0. The van der Waals surface area contributed by atoms with Crippen LogP contribution < -0.4 is 4.90 Å². The number of fused-ring (bicyclic) bond motifs is 1. The number of anilines is 1. The Bertz CT molecular complexity index is 1080. The van der Waals surface area contributed by atoms with Crippen molar-refractivity contribution in [2.75, 3.05) is 31.1 Å². The van der Waals surface area contributed by atoms with E-state index >= 15 is 0 Å². The number of aryl methyl sites for hydroxylation is 2. The van der Waals surface area contributed by atoms with E-state index < -0.39 is 0 Å². The summed E-state index contributed by atoms with van der Waals surface area (Å²) in [6.07, 6.45) is 1.53. The molecule has 7 nitrogen and oxygen atoms in total. The van der Waals surface area contributed by atoms with Gasteiger partial charge in [0.2, 0.25) is 5.91 Å². The Morgan fingerprint density at radius 1 is 1.03 bits per heavy atom. The molecule has 0 N–H and O–H groups in total. The minimum absolute atomic E-state index is 0.219. The van der Waals surface area contributed by atoms with Crippen LogP contribution in [0.4, 0.5) is 5.82 Å². The lowest BCUT2D eigenvalue weighted by Gasteiger charge is -2.35. The highest BCUT2D eigenvalue weighted by Gasteiger charge is 2.26. The van der Waals surface area contributed by atoms with Crippen LogP contribution in [0.3, 0.4) is 0 Å². The van der Waals surface area contributed by atoms with Crippen LogP contribution in [0.25, 0.3) is 16.7 Å². The first-order chi connectivity index (χ1) is 14.9. The minimum Gasteiger partial charge on any atom is -0.352 e. The number of aromatic nitrogens is 4. The van der Waals surface area contributed by atoms with Crippen LogP contribution >= 0.6 is 0 Å². The second kappa shape index (κ2) is 8.65. The van der Waals surface area contributed by atoms with Crippen molar-refractivity contribution in [2.24, 2.45) is 0 Å². The number of carbonyl (C=O) groups excluding carboxylic acids is 1. The monoisotopic (exact) mass is 420 g/mol. The third kappa shape index (κ3) is 4.01. The number of benzene rings is 1. The maximum absolute atomic E-state index is 12.1. The van der Waals surface area contributed by atoms with Crippen molar-refractivity contribution in [3.63, 3.8) is 0 Å². The Kier molecular flexibility index (Phi) is 5.94. The topological polar surface area (TPSA) is 67.2 Å². The van der Waals surface area contributed by atoms with Crippen molar-refractivity contribution in [1.82, 2.24) is 24.6 Å². The fourth-order valence-corrected chi connectivity index (χ4v) is 4.07. The molecule has 1 amide bonds. The zero-order chi connectivity index (χ0) is 22.1. The van der Waals surface area contributed by atoms with Crippen molar-refractivity contribution in [1.29, 1.82) is 0 Å². The van der Waals surface area contributed by atoms with Crippen molar-refractivity contribution >= 4 is 22.8 Å². The highest BCUT2D eigenvalue weighted by atomic mass is 16.2. The molecule has 164 valence electrons.